The minimum atomic E-state index is -0.497. The Balaban J connectivity index is 1.97. The van der Waals surface area contributed by atoms with Gasteiger partial charge in [0.2, 0.25) is 0 Å². The van der Waals surface area contributed by atoms with E-state index in [1.54, 1.807) is 55.6 Å². The summed E-state index contributed by atoms with van der Waals surface area (Å²) in [7, 11) is 2.99. The summed E-state index contributed by atoms with van der Waals surface area (Å²) in [5.41, 5.74) is 1.11. The van der Waals surface area contributed by atoms with Crippen molar-refractivity contribution in [2.24, 2.45) is 0 Å². The van der Waals surface area contributed by atoms with Crippen molar-refractivity contribution in [3.8, 4) is 11.5 Å². The van der Waals surface area contributed by atoms with Gasteiger partial charge in [-0.25, -0.2) is 4.79 Å². The van der Waals surface area contributed by atoms with Crippen LogP contribution in [0.2, 0.25) is 0 Å². The van der Waals surface area contributed by atoms with E-state index in [0.717, 1.165) is 0 Å². The van der Waals surface area contributed by atoms with Crippen LogP contribution in [-0.4, -0.2) is 32.7 Å². The summed E-state index contributed by atoms with van der Waals surface area (Å²) in [5.74, 6) is 0.311. The Hall–Kier alpha value is -2.86. The lowest BCUT2D eigenvalue weighted by atomic mass is 10.2. The number of ether oxygens (including phenoxy) is 3. The molecule has 0 bridgehead atoms. The number of nitrogens with one attached hydrogen (secondary N) is 1. The van der Waals surface area contributed by atoms with Crippen molar-refractivity contribution in [1.82, 2.24) is 0 Å². The third-order valence-electron chi connectivity index (χ3n) is 2.96. The van der Waals surface area contributed by atoms with Gasteiger partial charge >= 0.3 is 5.97 Å². The van der Waals surface area contributed by atoms with Crippen molar-refractivity contribution in [2.75, 3.05) is 26.1 Å². The number of hydrogen-bond donors (Lipinski definition) is 1. The molecule has 2 rings (SSSR count). The predicted octanol–water partition coefficient (Wildman–Crippen LogP) is 2.50. The first-order valence-electron chi connectivity index (χ1n) is 6.87. The number of benzene rings is 2. The van der Waals surface area contributed by atoms with Gasteiger partial charge in [0.15, 0.2) is 0 Å². The monoisotopic (exact) mass is 315 g/mol. The summed E-state index contributed by atoms with van der Waals surface area (Å²) in [4.78, 5) is 23.4. The number of amides is 1. The van der Waals surface area contributed by atoms with E-state index in [0.29, 0.717) is 22.7 Å². The topological polar surface area (TPSA) is 73.9 Å². The molecular weight excluding hydrogens is 298 g/mol. The van der Waals surface area contributed by atoms with Crippen molar-refractivity contribution in [3.05, 3.63) is 54.1 Å². The molecule has 0 saturated heterocycles. The highest BCUT2D eigenvalue weighted by Gasteiger charge is 2.08. The van der Waals surface area contributed by atoms with Crippen LogP contribution in [0.25, 0.3) is 0 Å². The van der Waals surface area contributed by atoms with Crippen LogP contribution in [0.4, 0.5) is 5.69 Å². The minimum absolute atomic E-state index is 0.125. The van der Waals surface area contributed by atoms with Gasteiger partial charge in [-0.15, -0.1) is 0 Å². The number of methoxy groups -OCH3 is 2. The van der Waals surface area contributed by atoms with Gasteiger partial charge in [0, 0.05) is 18.4 Å². The maximum atomic E-state index is 12.1. The van der Waals surface area contributed by atoms with E-state index in [4.69, 9.17) is 9.47 Å². The van der Waals surface area contributed by atoms with E-state index < -0.39 is 5.97 Å². The Morgan fingerprint density at radius 2 is 1.52 bits per heavy atom. The largest absolute Gasteiger partial charge is 0.497 e. The standard InChI is InChI=1S/C17H17NO5/c1-21-11-16(19)23-15-7-3-12(4-8-15)17(20)18-13-5-9-14(22-2)10-6-13/h3-10H,11H2,1-2H3,(H,18,20). The molecule has 0 radical (unpaired) electrons. The minimum Gasteiger partial charge on any atom is -0.497 e. The predicted molar refractivity (Wildman–Crippen MR) is 84.9 cm³/mol. The van der Waals surface area contributed by atoms with Gasteiger partial charge in [-0.05, 0) is 48.5 Å². The first kappa shape index (κ1) is 16.5. The maximum absolute atomic E-state index is 12.1. The average Bonchev–Trinajstić information content (AvgIpc) is 2.56. The van der Waals surface area contributed by atoms with Crippen LogP contribution in [0.15, 0.2) is 48.5 Å². The SMILES string of the molecule is COCC(=O)Oc1ccc(C(=O)Nc2ccc(OC)cc2)cc1. The summed E-state index contributed by atoms with van der Waals surface area (Å²) in [6.45, 7) is -0.125. The van der Waals surface area contributed by atoms with Crippen molar-refractivity contribution >= 4 is 17.6 Å². The van der Waals surface area contributed by atoms with E-state index >= 15 is 0 Å². The van der Waals surface area contributed by atoms with Gasteiger partial charge in [-0.1, -0.05) is 0 Å². The van der Waals surface area contributed by atoms with Crippen LogP contribution >= 0.6 is 0 Å². The molecule has 6 nitrogen and oxygen atoms in total. The Kier molecular flexibility index (Phi) is 5.71. The van der Waals surface area contributed by atoms with Gasteiger partial charge in [-0.2, -0.15) is 0 Å². The van der Waals surface area contributed by atoms with Crippen molar-refractivity contribution < 1.29 is 23.8 Å². The normalized spacial score (nSPS) is 10.0. The Morgan fingerprint density at radius 3 is 2.09 bits per heavy atom. The van der Waals surface area contributed by atoms with Crippen LogP contribution in [0.5, 0.6) is 11.5 Å². The van der Waals surface area contributed by atoms with Crippen LogP contribution < -0.4 is 14.8 Å². The first-order valence-corrected chi connectivity index (χ1v) is 6.87. The van der Waals surface area contributed by atoms with Crippen molar-refractivity contribution in [3.63, 3.8) is 0 Å². The molecule has 0 aliphatic carbocycles. The first-order chi connectivity index (χ1) is 11.1. The molecule has 0 aliphatic rings. The molecule has 0 heterocycles. The number of carbonyl (C=O) groups excluding carboxylic acids is 2. The van der Waals surface area contributed by atoms with E-state index in [-0.39, 0.29) is 12.5 Å². The Morgan fingerprint density at radius 1 is 0.913 bits per heavy atom. The lowest BCUT2D eigenvalue weighted by molar-refractivity contribution is -0.138. The second-order valence-electron chi connectivity index (χ2n) is 4.61. The average molecular weight is 315 g/mol. The smallest absolute Gasteiger partial charge is 0.337 e. The second kappa shape index (κ2) is 7.95. The highest BCUT2D eigenvalue weighted by atomic mass is 16.6. The molecule has 1 N–H and O–H groups in total. The quantitative estimate of drug-likeness (QED) is 0.655. The molecule has 23 heavy (non-hydrogen) atoms. The van der Waals surface area contributed by atoms with Crippen LogP contribution in [-0.2, 0) is 9.53 Å². The lowest BCUT2D eigenvalue weighted by Gasteiger charge is -2.07. The van der Waals surface area contributed by atoms with Gasteiger partial charge in [-0.3, -0.25) is 4.79 Å². The number of rotatable bonds is 6. The highest BCUT2D eigenvalue weighted by Crippen LogP contribution is 2.17. The van der Waals surface area contributed by atoms with Gasteiger partial charge in [0.05, 0.1) is 7.11 Å². The molecular formula is C17H17NO5. The van der Waals surface area contributed by atoms with Crippen molar-refractivity contribution in [2.45, 2.75) is 0 Å². The number of carbonyl (C=O) groups is 2. The summed E-state index contributed by atoms with van der Waals surface area (Å²) in [6, 6.07) is 13.3. The van der Waals surface area contributed by atoms with Crippen molar-refractivity contribution in [1.29, 1.82) is 0 Å². The molecule has 0 aromatic heterocycles. The zero-order valence-corrected chi connectivity index (χ0v) is 12.9. The molecule has 120 valence electrons. The zero-order valence-electron chi connectivity index (χ0n) is 12.9. The maximum Gasteiger partial charge on any atom is 0.337 e. The third-order valence-corrected chi connectivity index (χ3v) is 2.96. The molecule has 0 unspecified atom stereocenters. The molecule has 0 aliphatic heterocycles. The van der Waals surface area contributed by atoms with Gasteiger partial charge in [0.25, 0.3) is 5.91 Å². The number of hydrogen-bond acceptors (Lipinski definition) is 5. The van der Waals surface area contributed by atoms with Gasteiger partial charge < -0.3 is 19.5 Å². The Labute approximate surface area is 134 Å². The molecule has 2 aromatic carbocycles. The fraction of sp³-hybridized carbons (Fsp3) is 0.176. The molecule has 0 fully saturated rings. The molecule has 1 amide bonds. The Bertz CT molecular complexity index is 664. The summed E-state index contributed by atoms with van der Waals surface area (Å²) < 4.78 is 14.8. The van der Waals surface area contributed by atoms with Crippen LogP contribution in [0.1, 0.15) is 10.4 Å². The second-order valence-corrected chi connectivity index (χ2v) is 4.61. The lowest BCUT2D eigenvalue weighted by Crippen LogP contribution is -2.14. The molecule has 0 atom stereocenters. The zero-order chi connectivity index (χ0) is 16.7. The molecule has 6 heteroatoms. The van der Waals surface area contributed by atoms with E-state index in [2.05, 4.69) is 10.1 Å². The summed E-state index contributed by atoms with van der Waals surface area (Å²) in [6.07, 6.45) is 0. The third kappa shape index (κ3) is 4.82. The molecule has 2 aromatic rings. The summed E-state index contributed by atoms with van der Waals surface area (Å²) >= 11 is 0. The van der Waals surface area contributed by atoms with Crippen LogP contribution in [0, 0.1) is 0 Å². The highest BCUT2D eigenvalue weighted by molar-refractivity contribution is 6.04. The number of esters is 1. The van der Waals surface area contributed by atoms with Crippen LogP contribution in [0.3, 0.4) is 0 Å². The fourth-order valence-electron chi connectivity index (χ4n) is 1.83. The number of anilines is 1. The molecule has 0 saturated carbocycles. The fourth-order valence-corrected chi connectivity index (χ4v) is 1.83. The summed E-state index contributed by atoms with van der Waals surface area (Å²) in [5, 5.41) is 2.77. The van der Waals surface area contributed by atoms with E-state index in [1.807, 2.05) is 0 Å². The van der Waals surface area contributed by atoms with E-state index in [1.165, 1.54) is 7.11 Å². The molecule has 0 spiro atoms. The van der Waals surface area contributed by atoms with Gasteiger partial charge in [0.1, 0.15) is 18.1 Å². The van der Waals surface area contributed by atoms with E-state index in [9.17, 15) is 9.59 Å².